The molecule has 1 N–H and O–H groups in total. The van der Waals surface area contributed by atoms with Gasteiger partial charge < -0.3 is 5.32 Å². The van der Waals surface area contributed by atoms with Gasteiger partial charge in [0, 0.05) is 0 Å². The Morgan fingerprint density at radius 3 is 2.57 bits per heavy atom. The summed E-state index contributed by atoms with van der Waals surface area (Å²) in [5.41, 5.74) is 1.52. The monoisotopic (exact) mass is 195 g/mol. The summed E-state index contributed by atoms with van der Waals surface area (Å²) >= 11 is 0. The molecular weight excluding hydrogens is 170 g/mol. The van der Waals surface area contributed by atoms with Crippen LogP contribution in [0.2, 0.25) is 0 Å². The van der Waals surface area contributed by atoms with E-state index < -0.39 is 0 Å². The van der Waals surface area contributed by atoms with E-state index in [1.165, 1.54) is 37.7 Å². The second kappa shape index (κ2) is 8.86. The Hall–Kier alpha value is -0.720. The number of rotatable bonds is 8. The predicted octanol–water partition coefficient (Wildman–Crippen LogP) is 4.23. The quantitative estimate of drug-likeness (QED) is 0.611. The van der Waals surface area contributed by atoms with Gasteiger partial charge in [-0.05, 0) is 31.2 Å². The lowest BCUT2D eigenvalue weighted by Gasteiger charge is -2.12. The lowest BCUT2D eigenvalue weighted by molar-refractivity contribution is 0.510. The van der Waals surface area contributed by atoms with E-state index in [-0.39, 0.29) is 0 Å². The Morgan fingerprint density at radius 2 is 2.07 bits per heavy atom. The second-order valence-corrected chi connectivity index (χ2v) is 4.02. The summed E-state index contributed by atoms with van der Waals surface area (Å²) in [5, 5.41) is 3.08. The van der Waals surface area contributed by atoms with Gasteiger partial charge in [-0.25, -0.2) is 0 Å². The molecule has 0 heterocycles. The molecule has 0 aliphatic heterocycles. The van der Waals surface area contributed by atoms with Crippen LogP contribution < -0.4 is 5.32 Å². The van der Waals surface area contributed by atoms with Crippen LogP contribution in [0.1, 0.15) is 52.9 Å². The molecule has 1 atom stereocenters. The molecule has 1 heteroatoms. The molecular formula is C13H25N. The summed E-state index contributed by atoms with van der Waals surface area (Å²) in [4.78, 5) is 0. The summed E-state index contributed by atoms with van der Waals surface area (Å²) in [6.45, 7) is 10.5. The standard InChI is InChI=1S/C13H25N/c1-5-8-12(4)10-13(9-6-2)11-14-7-3/h7,11-12,14H,3,5-6,8-10H2,1-2,4H3/b13-11+. The molecule has 0 rings (SSSR count). The van der Waals surface area contributed by atoms with Crippen LogP contribution in [0, 0.1) is 5.92 Å². The third-order valence-corrected chi connectivity index (χ3v) is 2.37. The molecule has 0 bridgehead atoms. The van der Waals surface area contributed by atoms with Crippen LogP contribution in [-0.4, -0.2) is 0 Å². The average Bonchev–Trinajstić information content (AvgIpc) is 2.15. The van der Waals surface area contributed by atoms with Crippen LogP contribution >= 0.6 is 0 Å². The molecule has 0 aromatic heterocycles. The van der Waals surface area contributed by atoms with Crippen LogP contribution in [0.25, 0.3) is 0 Å². The SMILES string of the molecule is C=CN/C=C(\CCC)CC(C)CCC. The molecule has 1 nitrogen and oxygen atoms in total. The van der Waals surface area contributed by atoms with Gasteiger partial charge in [-0.1, -0.05) is 52.2 Å². The van der Waals surface area contributed by atoms with Crippen molar-refractivity contribution in [3.8, 4) is 0 Å². The molecule has 0 saturated carbocycles. The van der Waals surface area contributed by atoms with Gasteiger partial charge in [0.05, 0.1) is 0 Å². The fourth-order valence-electron chi connectivity index (χ4n) is 1.77. The molecule has 1 unspecified atom stereocenters. The fourth-order valence-corrected chi connectivity index (χ4v) is 1.77. The zero-order valence-electron chi connectivity index (χ0n) is 9.97. The lowest BCUT2D eigenvalue weighted by Crippen LogP contribution is -2.01. The molecule has 0 aliphatic carbocycles. The molecule has 0 radical (unpaired) electrons. The van der Waals surface area contributed by atoms with Crippen molar-refractivity contribution in [3.05, 3.63) is 24.6 Å². The van der Waals surface area contributed by atoms with Gasteiger partial charge in [0.25, 0.3) is 0 Å². The number of hydrogen-bond acceptors (Lipinski definition) is 1. The third kappa shape index (κ3) is 6.76. The van der Waals surface area contributed by atoms with Crippen molar-refractivity contribution in [2.24, 2.45) is 5.92 Å². The normalized spacial score (nSPS) is 13.8. The average molecular weight is 195 g/mol. The van der Waals surface area contributed by atoms with Gasteiger partial charge in [-0.2, -0.15) is 0 Å². The summed E-state index contributed by atoms with van der Waals surface area (Å²) in [6, 6.07) is 0. The van der Waals surface area contributed by atoms with E-state index in [4.69, 9.17) is 0 Å². The van der Waals surface area contributed by atoms with Crippen LogP contribution in [0.15, 0.2) is 24.6 Å². The van der Waals surface area contributed by atoms with Gasteiger partial charge >= 0.3 is 0 Å². The van der Waals surface area contributed by atoms with Gasteiger partial charge in [0.2, 0.25) is 0 Å². The predicted molar refractivity (Wildman–Crippen MR) is 65.0 cm³/mol. The minimum atomic E-state index is 0.810. The maximum atomic E-state index is 3.65. The Morgan fingerprint density at radius 1 is 1.36 bits per heavy atom. The maximum absolute atomic E-state index is 3.65. The van der Waals surface area contributed by atoms with E-state index in [9.17, 15) is 0 Å². The summed E-state index contributed by atoms with van der Waals surface area (Å²) < 4.78 is 0. The highest BCUT2D eigenvalue weighted by atomic mass is 14.8. The van der Waals surface area contributed by atoms with E-state index >= 15 is 0 Å². The molecule has 0 aromatic carbocycles. The smallest absolute Gasteiger partial charge is 0.000375 e. The first-order valence-corrected chi connectivity index (χ1v) is 5.79. The molecule has 0 spiro atoms. The van der Waals surface area contributed by atoms with Crippen molar-refractivity contribution < 1.29 is 0 Å². The Kier molecular flexibility index (Phi) is 8.40. The highest BCUT2D eigenvalue weighted by molar-refractivity contribution is 5.02. The van der Waals surface area contributed by atoms with Crippen LogP contribution in [0.3, 0.4) is 0 Å². The van der Waals surface area contributed by atoms with Crippen molar-refractivity contribution in [3.63, 3.8) is 0 Å². The van der Waals surface area contributed by atoms with Gasteiger partial charge in [-0.15, -0.1) is 0 Å². The van der Waals surface area contributed by atoms with E-state index in [0.717, 1.165) is 5.92 Å². The van der Waals surface area contributed by atoms with Crippen LogP contribution in [0.4, 0.5) is 0 Å². The largest absolute Gasteiger partial charge is 0.368 e. The second-order valence-electron chi connectivity index (χ2n) is 4.02. The first kappa shape index (κ1) is 13.3. The van der Waals surface area contributed by atoms with Crippen LogP contribution in [0.5, 0.6) is 0 Å². The van der Waals surface area contributed by atoms with Gasteiger partial charge in [-0.3, -0.25) is 0 Å². The van der Waals surface area contributed by atoms with Gasteiger partial charge in [0.1, 0.15) is 0 Å². The van der Waals surface area contributed by atoms with E-state index in [2.05, 4.69) is 38.9 Å². The van der Waals surface area contributed by atoms with Crippen molar-refractivity contribution in [1.82, 2.24) is 5.32 Å². The third-order valence-electron chi connectivity index (χ3n) is 2.37. The molecule has 14 heavy (non-hydrogen) atoms. The number of hydrogen-bond donors (Lipinski definition) is 1. The Balaban J connectivity index is 4.00. The van der Waals surface area contributed by atoms with Crippen molar-refractivity contribution >= 4 is 0 Å². The summed E-state index contributed by atoms with van der Waals surface area (Å²) in [7, 11) is 0. The zero-order valence-corrected chi connectivity index (χ0v) is 9.97. The first-order valence-electron chi connectivity index (χ1n) is 5.79. The van der Waals surface area contributed by atoms with Crippen molar-refractivity contribution in [2.75, 3.05) is 0 Å². The summed E-state index contributed by atoms with van der Waals surface area (Å²) in [6.07, 6.45) is 10.1. The first-order chi connectivity index (χ1) is 6.74. The highest BCUT2D eigenvalue weighted by Gasteiger charge is 2.04. The van der Waals surface area contributed by atoms with Crippen LogP contribution in [-0.2, 0) is 0 Å². The Bertz CT molecular complexity index is 170. The minimum Gasteiger partial charge on any atom is -0.368 e. The topological polar surface area (TPSA) is 12.0 Å². The van der Waals surface area contributed by atoms with Gasteiger partial charge in [0.15, 0.2) is 0 Å². The highest BCUT2D eigenvalue weighted by Crippen LogP contribution is 2.19. The fraction of sp³-hybridized carbons (Fsp3) is 0.692. The molecule has 0 fully saturated rings. The zero-order chi connectivity index (χ0) is 10.8. The lowest BCUT2D eigenvalue weighted by atomic mass is 9.95. The molecule has 0 aliphatic rings. The summed E-state index contributed by atoms with van der Waals surface area (Å²) in [5.74, 6) is 0.810. The molecule has 82 valence electrons. The van der Waals surface area contributed by atoms with Crippen molar-refractivity contribution in [2.45, 2.75) is 52.9 Å². The van der Waals surface area contributed by atoms with E-state index in [0.29, 0.717) is 0 Å². The molecule has 0 amide bonds. The maximum Gasteiger partial charge on any atom is -0.000375 e. The van der Waals surface area contributed by atoms with Crippen molar-refractivity contribution in [1.29, 1.82) is 0 Å². The molecule has 0 saturated heterocycles. The molecule has 0 aromatic rings. The van der Waals surface area contributed by atoms with E-state index in [1.807, 2.05) is 0 Å². The Labute approximate surface area is 89.3 Å². The van der Waals surface area contributed by atoms with E-state index in [1.54, 1.807) is 6.20 Å². The minimum absolute atomic E-state index is 0.810. The number of allylic oxidation sites excluding steroid dienone is 1. The number of nitrogens with one attached hydrogen (secondary N) is 1.